The summed E-state index contributed by atoms with van der Waals surface area (Å²) in [6.07, 6.45) is 1.82. The highest BCUT2D eigenvalue weighted by Crippen LogP contribution is 2.37. The number of hydrogen-bond acceptors (Lipinski definition) is 4. The van der Waals surface area contributed by atoms with Gasteiger partial charge >= 0.3 is 0 Å². The standard InChI is InChI=1S/C24H16Cl2FN5O/c25-16-9-4-8-15(12-16)22(33)29-23-30-24-28-19(14-6-2-1-3-7-14)13-20(32(24)31-23)21-17(26)10-5-11-18(21)27/h1-13,20H,(H2,28,29,30,31,33)/t20-/m0/s1. The molecule has 6 nitrogen and oxygen atoms in total. The molecule has 2 heterocycles. The molecule has 0 radical (unpaired) electrons. The third kappa shape index (κ3) is 4.20. The molecule has 0 unspecified atom stereocenters. The molecule has 5 rings (SSSR count). The van der Waals surface area contributed by atoms with Crippen LogP contribution in [0.15, 0.2) is 78.9 Å². The Hall–Kier alpha value is -3.68. The highest BCUT2D eigenvalue weighted by molar-refractivity contribution is 6.31. The summed E-state index contributed by atoms with van der Waals surface area (Å²) >= 11 is 12.4. The molecule has 164 valence electrons. The quantitative estimate of drug-likeness (QED) is 0.374. The summed E-state index contributed by atoms with van der Waals surface area (Å²) in [5.74, 6) is -0.495. The zero-order valence-corrected chi connectivity index (χ0v) is 18.5. The molecule has 0 fully saturated rings. The number of carbonyl (C=O) groups is 1. The molecular formula is C24H16Cl2FN5O. The topological polar surface area (TPSA) is 71.8 Å². The van der Waals surface area contributed by atoms with E-state index in [0.717, 1.165) is 5.56 Å². The fourth-order valence-electron chi connectivity index (χ4n) is 3.63. The molecule has 2 N–H and O–H groups in total. The van der Waals surface area contributed by atoms with Crippen LogP contribution in [0.1, 0.15) is 27.5 Å². The second-order valence-electron chi connectivity index (χ2n) is 7.32. The summed E-state index contributed by atoms with van der Waals surface area (Å²) in [7, 11) is 0. The number of halogens is 3. The minimum atomic E-state index is -0.686. The molecule has 0 saturated carbocycles. The number of nitrogens with zero attached hydrogens (tertiary/aromatic N) is 3. The second-order valence-corrected chi connectivity index (χ2v) is 8.16. The van der Waals surface area contributed by atoms with Crippen molar-refractivity contribution in [1.82, 2.24) is 14.8 Å². The van der Waals surface area contributed by atoms with E-state index in [4.69, 9.17) is 23.2 Å². The monoisotopic (exact) mass is 479 g/mol. The lowest BCUT2D eigenvalue weighted by atomic mass is 10.0. The Bertz CT molecular complexity index is 1370. The van der Waals surface area contributed by atoms with Crippen LogP contribution < -0.4 is 10.6 Å². The number of carbonyl (C=O) groups excluding carboxylic acids is 1. The number of benzene rings is 3. The minimum Gasteiger partial charge on any atom is -0.324 e. The van der Waals surface area contributed by atoms with Crippen molar-refractivity contribution >= 4 is 46.7 Å². The van der Waals surface area contributed by atoms with Gasteiger partial charge in [-0.2, -0.15) is 4.98 Å². The molecule has 1 aliphatic heterocycles. The fourth-order valence-corrected chi connectivity index (χ4v) is 4.10. The van der Waals surface area contributed by atoms with Gasteiger partial charge in [-0.15, -0.1) is 5.10 Å². The first-order valence-electron chi connectivity index (χ1n) is 10.0. The van der Waals surface area contributed by atoms with Crippen molar-refractivity contribution in [1.29, 1.82) is 0 Å². The Balaban J connectivity index is 1.55. The van der Waals surface area contributed by atoms with Crippen molar-refractivity contribution in [2.75, 3.05) is 10.6 Å². The molecule has 0 aliphatic carbocycles. The Labute approximate surface area is 198 Å². The van der Waals surface area contributed by atoms with Crippen LogP contribution >= 0.6 is 23.2 Å². The molecule has 0 spiro atoms. The van der Waals surface area contributed by atoms with Gasteiger partial charge in [0.1, 0.15) is 11.9 Å². The Morgan fingerprint density at radius 3 is 2.58 bits per heavy atom. The molecule has 1 aliphatic rings. The average molecular weight is 480 g/mol. The van der Waals surface area contributed by atoms with Crippen molar-refractivity contribution in [2.24, 2.45) is 0 Å². The summed E-state index contributed by atoms with van der Waals surface area (Å²) < 4.78 is 16.3. The second kappa shape index (κ2) is 8.69. The number of hydrogen-bond donors (Lipinski definition) is 2. The van der Waals surface area contributed by atoms with E-state index >= 15 is 0 Å². The minimum absolute atomic E-state index is 0.0580. The number of nitrogens with one attached hydrogen (secondary N) is 2. The van der Waals surface area contributed by atoms with E-state index in [1.807, 2.05) is 36.4 Å². The maximum absolute atomic E-state index is 14.9. The number of amides is 1. The predicted octanol–water partition coefficient (Wildman–Crippen LogP) is 6.03. The maximum atomic E-state index is 14.9. The van der Waals surface area contributed by atoms with E-state index in [1.54, 1.807) is 36.4 Å². The first-order chi connectivity index (χ1) is 16.0. The lowest BCUT2D eigenvalue weighted by Gasteiger charge is -2.25. The van der Waals surface area contributed by atoms with Crippen molar-refractivity contribution in [3.05, 3.63) is 111 Å². The van der Waals surface area contributed by atoms with Gasteiger partial charge in [-0.1, -0.05) is 65.7 Å². The lowest BCUT2D eigenvalue weighted by Crippen LogP contribution is -2.21. The van der Waals surface area contributed by atoms with Crippen molar-refractivity contribution in [2.45, 2.75) is 6.04 Å². The van der Waals surface area contributed by atoms with E-state index in [0.29, 0.717) is 22.2 Å². The van der Waals surface area contributed by atoms with Crippen LogP contribution in [-0.4, -0.2) is 20.7 Å². The van der Waals surface area contributed by atoms with E-state index in [-0.39, 0.29) is 16.5 Å². The number of rotatable bonds is 4. The van der Waals surface area contributed by atoms with E-state index in [1.165, 1.54) is 10.7 Å². The van der Waals surface area contributed by atoms with Gasteiger partial charge in [0, 0.05) is 26.9 Å². The van der Waals surface area contributed by atoms with Gasteiger partial charge in [0.25, 0.3) is 11.9 Å². The van der Waals surface area contributed by atoms with Crippen LogP contribution in [0.3, 0.4) is 0 Å². The van der Waals surface area contributed by atoms with Crippen LogP contribution in [0.4, 0.5) is 16.3 Å². The molecule has 4 aromatic rings. The van der Waals surface area contributed by atoms with Gasteiger partial charge in [0.15, 0.2) is 0 Å². The van der Waals surface area contributed by atoms with Gasteiger partial charge in [0.05, 0.1) is 0 Å². The third-order valence-electron chi connectivity index (χ3n) is 5.16. The lowest BCUT2D eigenvalue weighted by molar-refractivity contribution is 0.102. The Morgan fingerprint density at radius 2 is 1.82 bits per heavy atom. The van der Waals surface area contributed by atoms with Crippen LogP contribution in [0.25, 0.3) is 5.70 Å². The Morgan fingerprint density at radius 1 is 1.03 bits per heavy atom. The third-order valence-corrected chi connectivity index (χ3v) is 5.72. The molecule has 1 amide bonds. The predicted molar refractivity (Wildman–Crippen MR) is 127 cm³/mol. The Kier molecular flexibility index (Phi) is 5.58. The van der Waals surface area contributed by atoms with E-state index in [2.05, 4.69) is 20.7 Å². The summed E-state index contributed by atoms with van der Waals surface area (Å²) in [6.45, 7) is 0. The number of fused-ring (bicyclic) bond motifs is 1. The van der Waals surface area contributed by atoms with Gasteiger partial charge < -0.3 is 5.32 Å². The smallest absolute Gasteiger partial charge is 0.258 e. The molecular weight excluding hydrogens is 464 g/mol. The largest absolute Gasteiger partial charge is 0.324 e. The summed E-state index contributed by atoms with van der Waals surface area (Å²) in [6, 6.07) is 19.9. The number of aromatic nitrogens is 3. The number of anilines is 2. The molecule has 1 aromatic heterocycles. The average Bonchev–Trinajstić information content (AvgIpc) is 3.22. The molecule has 3 aromatic carbocycles. The molecule has 9 heteroatoms. The molecule has 1 atom stereocenters. The maximum Gasteiger partial charge on any atom is 0.258 e. The zero-order valence-electron chi connectivity index (χ0n) is 17.0. The summed E-state index contributed by atoms with van der Waals surface area (Å²) in [4.78, 5) is 17.1. The van der Waals surface area contributed by atoms with Gasteiger partial charge in [-0.3, -0.25) is 10.1 Å². The summed E-state index contributed by atoms with van der Waals surface area (Å²) in [5.41, 5.74) is 2.22. The molecule has 0 bridgehead atoms. The van der Waals surface area contributed by atoms with Gasteiger partial charge in [-0.05, 0) is 42.0 Å². The van der Waals surface area contributed by atoms with E-state index in [9.17, 15) is 9.18 Å². The summed E-state index contributed by atoms with van der Waals surface area (Å²) in [5, 5.41) is 11.0. The van der Waals surface area contributed by atoms with Gasteiger partial charge in [-0.25, -0.2) is 9.07 Å². The van der Waals surface area contributed by atoms with Crippen LogP contribution in [0.2, 0.25) is 10.0 Å². The normalized spacial score (nSPS) is 14.8. The van der Waals surface area contributed by atoms with Gasteiger partial charge in [0.2, 0.25) is 5.95 Å². The van der Waals surface area contributed by atoms with Crippen molar-refractivity contribution in [3.8, 4) is 0 Å². The first kappa shape index (κ1) is 21.2. The van der Waals surface area contributed by atoms with E-state index < -0.39 is 17.8 Å². The van der Waals surface area contributed by atoms with Crippen LogP contribution in [0.5, 0.6) is 0 Å². The van der Waals surface area contributed by atoms with Crippen LogP contribution in [-0.2, 0) is 0 Å². The van der Waals surface area contributed by atoms with Crippen molar-refractivity contribution in [3.63, 3.8) is 0 Å². The SMILES string of the molecule is O=C(Nc1nc2n(n1)[C@H](c1c(F)cccc1Cl)C=C(c1ccccc1)N2)c1cccc(Cl)c1. The fraction of sp³-hybridized carbons (Fsp3) is 0.0417. The van der Waals surface area contributed by atoms with Crippen molar-refractivity contribution < 1.29 is 9.18 Å². The first-order valence-corrected chi connectivity index (χ1v) is 10.8. The molecule has 0 saturated heterocycles. The highest BCUT2D eigenvalue weighted by atomic mass is 35.5. The zero-order chi connectivity index (χ0) is 22.9. The van der Waals surface area contributed by atoms with Crippen LogP contribution in [0, 0.1) is 5.82 Å². The highest BCUT2D eigenvalue weighted by Gasteiger charge is 2.29. The molecule has 33 heavy (non-hydrogen) atoms. The number of allylic oxidation sites excluding steroid dienone is 1.